The second-order valence-corrected chi connectivity index (χ2v) is 5.63. The monoisotopic (exact) mass is 313 g/mol. The third-order valence-corrected chi connectivity index (χ3v) is 4.02. The van der Waals surface area contributed by atoms with Crippen LogP contribution in [0.15, 0.2) is 16.7 Å². The molecule has 1 aliphatic rings. The van der Waals surface area contributed by atoms with Crippen molar-refractivity contribution in [2.75, 3.05) is 13.1 Å². The van der Waals surface area contributed by atoms with E-state index in [0.717, 1.165) is 36.1 Å². The van der Waals surface area contributed by atoms with Crippen LogP contribution in [0.4, 0.5) is 0 Å². The van der Waals surface area contributed by atoms with Crippen LogP contribution >= 0.6 is 15.9 Å². The van der Waals surface area contributed by atoms with Gasteiger partial charge in [0.05, 0.1) is 0 Å². The highest BCUT2D eigenvalue weighted by Gasteiger charge is 2.28. The third kappa shape index (κ3) is 2.62. The Morgan fingerprint density at radius 1 is 1.56 bits per heavy atom. The predicted octanol–water partition coefficient (Wildman–Crippen LogP) is 2.22. The summed E-state index contributed by atoms with van der Waals surface area (Å²) in [5.74, 6) is 0.109. The number of hydrogen-bond acceptors (Lipinski definition) is 2. The van der Waals surface area contributed by atoms with Crippen molar-refractivity contribution >= 4 is 21.8 Å². The predicted molar refractivity (Wildman–Crippen MR) is 75.5 cm³/mol. The first-order valence-electron chi connectivity index (χ1n) is 6.54. The van der Waals surface area contributed by atoms with E-state index in [0.29, 0.717) is 6.54 Å². The molecule has 1 saturated heterocycles. The van der Waals surface area contributed by atoms with Crippen LogP contribution in [0.1, 0.15) is 36.7 Å². The van der Waals surface area contributed by atoms with Crippen LogP contribution in [0.3, 0.4) is 0 Å². The normalized spacial score (nSPS) is 20.2. The van der Waals surface area contributed by atoms with Gasteiger partial charge in [0.25, 0.3) is 5.91 Å². The zero-order valence-corrected chi connectivity index (χ0v) is 12.3. The minimum Gasteiger partial charge on any atom is -0.343 e. The van der Waals surface area contributed by atoms with Crippen molar-refractivity contribution in [2.45, 2.75) is 38.8 Å². The Kier molecular flexibility index (Phi) is 4.45. The molecule has 4 nitrogen and oxygen atoms in total. The summed E-state index contributed by atoms with van der Waals surface area (Å²) in [6.07, 6.45) is 5.23. The molecule has 5 heteroatoms. The van der Waals surface area contributed by atoms with E-state index < -0.39 is 0 Å². The quantitative estimate of drug-likeness (QED) is 0.930. The molecule has 1 aliphatic heterocycles. The molecule has 0 unspecified atom stereocenters. The zero-order valence-electron chi connectivity index (χ0n) is 10.7. The maximum absolute atomic E-state index is 12.6. The summed E-state index contributed by atoms with van der Waals surface area (Å²) in [5.41, 5.74) is 6.53. The van der Waals surface area contributed by atoms with Gasteiger partial charge in [0.15, 0.2) is 0 Å². The Balaban J connectivity index is 2.23. The molecule has 1 atom stereocenters. The van der Waals surface area contributed by atoms with Gasteiger partial charge in [-0.15, -0.1) is 0 Å². The molecule has 18 heavy (non-hydrogen) atoms. The van der Waals surface area contributed by atoms with E-state index in [4.69, 9.17) is 5.73 Å². The van der Waals surface area contributed by atoms with Crippen molar-refractivity contribution in [1.82, 2.24) is 9.47 Å². The Morgan fingerprint density at radius 3 is 3.00 bits per heavy atom. The van der Waals surface area contributed by atoms with Crippen LogP contribution in [-0.4, -0.2) is 34.5 Å². The van der Waals surface area contributed by atoms with E-state index in [1.165, 1.54) is 6.42 Å². The molecule has 0 radical (unpaired) electrons. The number of likely N-dealkylation sites (tertiary alicyclic amines) is 1. The molecule has 2 N–H and O–H groups in total. The number of nitrogens with two attached hydrogens (primary N) is 1. The molecule has 1 aromatic rings. The first-order chi connectivity index (χ1) is 8.67. The van der Waals surface area contributed by atoms with E-state index in [9.17, 15) is 4.79 Å². The lowest BCUT2D eigenvalue weighted by molar-refractivity contribution is 0.0612. The minimum atomic E-state index is 0.109. The maximum atomic E-state index is 12.6. The van der Waals surface area contributed by atoms with Crippen molar-refractivity contribution in [3.8, 4) is 0 Å². The Hall–Kier alpha value is -0.810. The smallest absolute Gasteiger partial charge is 0.270 e. The molecule has 0 bridgehead atoms. The molecule has 1 amide bonds. The Bertz CT molecular complexity index is 430. The van der Waals surface area contributed by atoms with Crippen LogP contribution in [0.25, 0.3) is 0 Å². The highest BCUT2D eigenvalue weighted by atomic mass is 79.9. The molecular weight excluding hydrogens is 294 g/mol. The number of rotatable bonds is 3. The molecule has 0 aliphatic carbocycles. The number of aromatic nitrogens is 1. The van der Waals surface area contributed by atoms with Crippen LogP contribution < -0.4 is 5.73 Å². The summed E-state index contributed by atoms with van der Waals surface area (Å²) in [7, 11) is 0. The van der Waals surface area contributed by atoms with Gasteiger partial charge in [-0.1, -0.05) is 0 Å². The van der Waals surface area contributed by atoms with Crippen LogP contribution in [-0.2, 0) is 6.54 Å². The number of piperidine rings is 1. The average molecular weight is 314 g/mol. The molecule has 0 saturated carbocycles. The van der Waals surface area contributed by atoms with Gasteiger partial charge in [-0.05, 0) is 48.2 Å². The highest BCUT2D eigenvalue weighted by molar-refractivity contribution is 9.10. The summed E-state index contributed by atoms with van der Waals surface area (Å²) in [6, 6.07) is 2.10. The van der Waals surface area contributed by atoms with Gasteiger partial charge in [0.1, 0.15) is 5.69 Å². The topological polar surface area (TPSA) is 51.3 Å². The fraction of sp³-hybridized carbons (Fsp3) is 0.615. The van der Waals surface area contributed by atoms with Crippen LogP contribution in [0, 0.1) is 0 Å². The van der Waals surface area contributed by atoms with Gasteiger partial charge >= 0.3 is 0 Å². The van der Waals surface area contributed by atoms with Gasteiger partial charge in [0.2, 0.25) is 0 Å². The van der Waals surface area contributed by atoms with E-state index in [-0.39, 0.29) is 11.9 Å². The average Bonchev–Trinajstić information content (AvgIpc) is 2.79. The van der Waals surface area contributed by atoms with Gasteiger partial charge in [-0.3, -0.25) is 4.79 Å². The Morgan fingerprint density at radius 2 is 2.33 bits per heavy atom. The molecule has 1 fully saturated rings. The van der Waals surface area contributed by atoms with E-state index in [1.54, 1.807) is 0 Å². The number of halogens is 1. The van der Waals surface area contributed by atoms with Crippen molar-refractivity contribution in [3.05, 3.63) is 22.4 Å². The lowest BCUT2D eigenvalue weighted by Crippen LogP contribution is -2.47. The summed E-state index contributed by atoms with van der Waals surface area (Å²) >= 11 is 3.43. The van der Waals surface area contributed by atoms with Crippen molar-refractivity contribution < 1.29 is 4.79 Å². The van der Waals surface area contributed by atoms with Crippen LogP contribution in [0.5, 0.6) is 0 Å². The van der Waals surface area contributed by atoms with Gasteiger partial charge in [-0.25, -0.2) is 0 Å². The number of aryl methyl sites for hydroxylation is 1. The fourth-order valence-electron chi connectivity index (χ4n) is 2.58. The number of carbonyl (C=O) groups is 1. The van der Waals surface area contributed by atoms with E-state index in [2.05, 4.69) is 15.9 Å². The standard InChI is InChI=1S/C13H20BrN3O/c1-2-16-9-10(14)7-12(16)13(18)17-6-4-3-5-11(17)8-15/h7,9,11H,2-6,8,15H2,1H3/t11-/m1/s1. The van der Waals surface area contributed by atoms with Gasteiger partial charge in [0, 0.05) is 36.3 Å². The molecule has 2 heterocycles. The molecule has 0 spiro atoms. The molecular formula is C13H20BrN3O. The largest absolute Gasteiger partial charge is 0.343 e. The first kappa shape index (κ1) is 13.6. The SMILES string of the molecule is CCn1cc(Br)cc1C(=O)N1CCCC[C@@H]1CN. The third-order valence-electron chi connectivity index (χ3n) is 3.58. The number of hydrogen-bond donors (Lipinski definition) is 1. The minimum absolute atomic E-state index is 0.109. The zero-order chi connectivity index (χ0) is 13.1. The number of carbonyl (C=O) groups excluding carboxylic acids is 1. The van der Waals surface area contributed by atoms with Gasteiger partial charge in [-0.2, -0.15) is 0 Å². The Labute approximate surface area is 116 Å². The lowest BCUT2D eigenvalue weighted by Gasteiger charge is -2.35. The maximum Gasteiger partial charge on any atom is 0.270 e. The fourth-order valence-corrected chi connectivity index (χ4v) is 3.04. The number of nitrogens with zero attached hydrogens (tertiary/aromatic N) is 2. The molecule has 100 valence electrons. The summed E-state index contributed by atoms with van der Waals surface area (Å²) in [6.45, 7) is 4.22. The summed E-state index contributed by atoms with van der Waals surface area (Å²) < 4.78 is 2.93. The first-order valence-corrected chi connectivity index (χ1v) is 7.33. The highest BCUT2D eigenvalue weighted by Crippen LogP contribution is 2.22. The summed E-state index contributed by atoms with van der Waals surface area (Å²) in [4.78, 5) is 14.5. The summed E-state index contributed by atoms with van der Waals surface area (Å²) in [5, 5.41) is 0. The lowest BCUT2D eigenvalue weighted by atomic mass is 10.0. The van der Waals surface area contributed by atoms with Crippen molar-refractivity contribution in [3.63, 3.8) is 0 Å². The second-order valence-electron chi connectivity index (χ2n) is 4.71. The molecule has 2 rings (SSSR count). The molecule has 1 aromatic heterocycles. The number of amides is 1. The van der Waals surface area contributed by atoms with Crippen molar-refractivity contribution in [1.29, 1.82) is 0 Å². The second kappa shape index (κ2) is 5.89. The van der Waals surface area contributed by atoms with Crippen molar-refractivity contribution in [2.24, 2.45) is 5.73 Å². The van der Waals surface area contributed by atoms with Gasteiger partial charge < -0.3 is 15.2 Å². The molecule has 0 aromatic carbocycles. The van der Waals surface area contributed by atoms with Crippen LogP contribution in [0.2, 0.25) is 0 Å². The van der Waals surface area contributed by atoms with E-state index in [1.807, 2.05) is 28.7 Å². The van der Waals surface area contributed by atoms with E-state index >= 15 is 0 Å².